The number of benzene rings is 1. The van der Waals surface area contributed by atoms with E-state index in [1.807, 2.05) is 6.07 Å². The summed E-state index contributed by atoms with van der Waals surface area (Å²) in [5, 5.41) is 12.7. The molecule has 0 spiro atoms. The highest BCUT2D eigenvalue weighted by atomic mass is 16.3. The zero-order valence-electron chi connectivity index (χ0n) is 12.1. The van der Waals surface area contributed by atoms with E-state index in [0.29, 0.717) is 6.54 Å². The highest BCUT2D eigenvalue weighted by molar-refractivity contribution is 5.70. The zero-order valence-corrected chi connectivity index (χ0v) is 12.1. The van der Waals surface area contributed by atoms with Gasteiger partial charge in [-0.3, -0.25) is 4.98 Å². The molecule has 0 amide bonds. The first-order chi connectivity index (χ1) is 10.3. The third-order valence-corrected chi connectivity index (χ3v) is 3.87. The lowest BCUT2D eigenvalue weighted by Crippen LogP contribution is -2.30. The third-order valence-electron chi connectivity index (χ3n) is 3.87. The molecular weight excluding hydrogens is 262 g/mol. The number of aromatic hydroxyl groups is 1. The number of para-hydroxylation sites is 2. The molecule has 1 aromatic carbocycles. The second kappa shape index (κ2) is 6.48. The lowest BCUT2D eigenvalue weighted by Gasteiger charge is -2.30. The summed E-state index contributed by atoms with van der Waals surface area (Å²) in [4.78, 5) is 6.66. The number of nitrogens with zero attached hydrogens (tertiary/aromatic N) is 2. The van der Waals surface area contributed by atoms with Crippen molar-refractivity contribution in [3.8, 4) is 5.75 Å². The molecule has 0 radical (unpaired) electrons. The number of aromatic nitrogens is 1. The smallest absolute Gasteiger partial charge is 0.133 e. The first-order valence-electron chi connectivity index (χ1n) is 7.55. The number of pyridine rings is 1. The van der Waals surface area contributed by atoms with Crippen molar-refractivity contribution in [3.05, 3.63) is 48.3 Å². The van der Waals surface area contributed by atoms with Crippen molar-refractivity contribution in [2.75, 3.05) is 23.3 Å². The summed E-state index contributed by atoms with van der Waals surface area (Å²) in [7, 11) is 0. The fourth-order valence-electron chi connectivity index (χ4n) is 2.74. The maximum absolute atomic E-state index is 9.27. The van der Waals surface area contributed by atoms with Gasteiger partial charge in [0.2, 0.25) is 0 Å². The molecule has 3 rings (SSSR count). The van der Waals surface area contributed by atoms with E-state index in [1.54, 1.807) is 6.07 Å². The van der Waals surface area contributed by atoms with Crippen LogP contribution in [0.3, 0.4) is 0 Å². The van der Waals surface area contributed by atoms with Crippen molar-refractivity contribution >= 4 is 11.4 Å². The van der Waals surface area contributed by atoms with Gasteiger partial charge in [-0.2, -0.15) is 0 Å². The molecule has 0 aliphatic carbocycles. The molecule has 0 unspecified atom stereocenters. The number of piperidine rings is 1. The average Bonchev–Trinajstić information content (AvgIpc) is 2.55. The van der Waals surface area contributed by atoms with Crippen molar-refractivity contribution in [1.82, 2.24) is 4.98 Å². The van der Waals surface area contributed by atoms with Crippen LogP contribution in [0.5, 0.6) is 5.75 Å². The van der Waals surface area contributed by atoms with Crippen LogP contribution in [0.2, 0.25) is 0 Å². The normalized spacial score (nSPS) is 15.0. The molecule has 1 fully saturated rings. The second-order valence-electron chi connectivity index (χ2n) is 5.43. The van der Waals surface area contributed by atoms with Crippen LogP contribution in [0.4, 0.5) is 11.4 Å². The SMILES string of the molecule is Oc1ccc(CNc2ccccc2N2CCCCC2)nc1. The Morgan fingerprint density at radius 3 is 2.62 bits per heavy atom. The number of hydrogen-bond donors (Lipinski definition) is 2. The van der Waals surface area contributed by atoms with Crippen LogP contribution >= 0.6 is 0 Å². The molecule has 2 N–H and O–H groups in total. The fourth-order valence-corrected chi connectivity index (χ4v) is 2.74. The number of nitrogens with one attached hydrogen (secondary N) is 1. The average molecular weight is 283 g/mol. The molecule has 0 bridgehead atoms. The summed E-state index contributed by atoms with van der Waals surface area (Å²) in [6, 6.07) is 11.9. The van der Waals surface area contributed by atoms with Gasteiger partial charge < -0.3 is 15.3 Å². The molecule has 4 nitrogen and oxygen atoms in total. The Hall–Kier alpha value is -2.23. The van der Waals surface area contributed by atoms with Gasteiger partial charge in [-0.15, -0.1) is 0 Å². The minimum Gasteiger partial charge on any atom is -0.506 e. The van der Waals surface area contributed by atoms with E-state index in [4.69, 9.17) is 0 Å². The van der Waals surface area contributed by atoms with Crippen LogP contribution in [0.25, 0.3) is 0 Å². The van der Waals surface area contributed by atoms with Gasteiger partial charge in [0.05, 0.1) is 29.8 Å². The predicted octanol–water partition coefficient (Wildman–Crippen LogP) is 3.39. The van der Waals surface area contributed by atoms with E-state index in [2.05, 4.69) is 39.5 Å². The predicted molar refractivity (Wildman–Crippen MR) is 85.7 cm³/mol. The van der Waals surface area contributed by atoms with Gasteiger partial charge in [-0.1, -0.05) is 12.1 Å². The minimum atomic E-state index is 0.201. The largest absolute Gasteiger partial charge is 0.506 e. The van der Waals surface area contributed by atoms with E-state index in [-0.39, 0.29) is 5.75 Å². The Morgan fingerprint density at radius 2 is 1.86 bits per heavy atom. The molecule has 2 heterocycles. The van der Waals surface area contributed by atoms with Gasteiger partial charge in [0, 0.05) is 13.1 Å². The summed E-state index contributed by atoms with van der Waals surface area (Å²) in [6.07, 6.45) is 5.36. The molecular formula is C17H21N3O. The second-order valence-corrected chi connectivity index (χ2v) is 5.43. The van der Waals surface area contributed by atoms with Gasteiger partial charge in [0.1, 0.15) is 5.75 Å². The lowest BCUT2D eigenvalue weighted by molar-refractivity contribution is 0.472. The molecule has 1 aromatic heterocycles. The van der Waals surface area contributed by atoms with Crippen LogP contribution in [0, 0.1) is 0 Å². The van der Waals surface area contributed by atoms with E-state index in [0.717, 1.165) is 24.5 Å². The maximum atomic E-state index is 9.27. The first-order valence-corrected chi connectivity index (χ1v) is 7.55. The monoisotopic (exact) mass is 283 g/mol. The Bertz CT molecular complexity index is 577. The molecule has 0 saturated carbocycles. The van der Waals surface area contributed by atoms with Gasteiger partial charge in [-0.05, 0) is 43.5 Å². The van der Waals surface area contributed by atoms with Crippen LogP contribution < -0.4 is 10.2 Å². The maximum Gasteiger partial charge on any atom is 0.133 e. The highest BCUT2D eigenvalue weighted by Gasteiger charge is 2.13. The van der Waals surface area contributed by atoms with E-state index < -0.39 is 0 Å². The Morgan fingerprint density at radius 1 is 1.05 bits per heavy atom. The molecule has 1 aliphatic heterocycles. The molecule has 21 heavy (non-hydrogen) atoms. The fraction of sp³-hybridized carbons (Fsp3) is 0.353. The molecule has 0 atom stereocenters. The number of rotatable bonds is 4. The molecule has 110 valence electrons. The van der Waals surface area contributed by atoms with Crippen LogP contribution in [-0.2, 0) is 6.54 Å². The topological polar surface area (TPSA) is 48.4 Å². The van der Waals surface area contributed by atoms with Gasteiger partial charge in [-0.25, -0.2) is 0 Å². The Kier molecular flexibility index (Phi) is 4.24. The highest BCUT2D eigenvalue weighted by Crippen LogP contribution is 2.28. The molecule has 1 saturated heterocycles. The third kappa shape index (κ3) is 3.45. The van der Waals surface area contributed by atoms with E-state index in [1.165, 1.54) is 31.1 Å². The van der Waals surface area contributed by atoms with Crippen LogP contribution in [0.15, 0.2) is 42.6 Å². The first kappa shape index (κ1) is 13.7. The Labute approximate surface area is 125 Å². The summed E-state index contributed by atoms with van der Waals surface area (Å²) in [5.41, 5.74) is 3.34. The minimum absolute atomic E-state index is 0.201. The van der Waals surface area contributed by atoms with Crippen LogP contribution in [0.1, 0.15) is 25.0 Å². The van der Waals surface area contributed by atoms with Gasteiger partial charge >= 0.3 is 0 Å². The van der Waals surface area contributed by atoms with Crippen molar-refractivity contribution < 1.29 is 5.11 Å². The molecule has 2 aromatic rings. The number of anilines is 2. The van der Waals surface area contributed by atoms with Crippen molar-refractivity contribution in [3.63, 3.8) is 0 Å². The standard InChI is InChI=1S/C17H21N3O/c21-15-9-8-14(18-13-15)12-19-16-6-2-3-7-17(16)20-10-4-1-5-11-20/h2-3,6-9,13,19,21H,1,4-5,10-12H2. The van der Waals surface area contributed by atoms with E-state index in [9.17, 15) is 5.11 Å². The van der Waals surface area contributed by atoms with Crippen LogP contribution in [-0.4, -0.2) is 23.2 Å². The van der Waals surface area contributed by atoms with Crippen molar-refractivity contribution in [2.45, 2.75) is 25.8 Å². The lowest BCUT2D eigenvalue weighted by atomic mass is 10.1. The Balaban J connectivity index is 1.71. The van der Waals surface area contributed by atoms with E-state index >= 15 is 0 Å². The van der Waals surface area contributed by atoms with Gasteiger partial charge in [0.25, 0.3) is 0 Å². The van der Waals surface area contributed by atoms with Gasteiger partial charge in [0.15, 0.2) is 0 Å². The number of hydrogen-bond acceptors (Lipinski definition) is 4. The summed E-state index contributed by atoms with van der Waals surface area (Å²) in [5.74, 6) is 0.201. The van der Waals surface area contributed by atoms with Crippen molar-refractivity contribution in [2.24, 2.45) is 0 Å². The summed E-state index contributed by atoms with van der Waals surface area (Å²) in [6.45, 7) is 2.93. The quantitative estimate of drug-likeness (QED) is 0.903. The summed E-state index contributed by atoms with van der Waals surface area (Å²) >= 11 is 0. The molecule has 1 aliphatic rings. The zero-order chi connectivity index (χ0) is 14.5. The molecule has 4 heteroatoms. The van der Waals surface area contributed by atoms with Crippen molar-refractivity contribution in [1.29, 1.82) is 0 Å². The summed E-state index contributed by atoms with van der Waals surface area (Å²) < 4.78 is 0.